The first-order valence-electron chi connectivity index (χ1n) is 12.7. The lowest BCUT2D eigenvalue weighted by Gasteiger charge is -2.58. The maximum absolute atomic E-state index is 10.2. The lowest BCUT2D eigenvalue weighted by atomic mass is 9.47. The molecule has 4 rings (SSSR count). The molecule has 29 heavy (non-hydrogen) atoms. The van der Waals surface area contributed by atoms with Gasteiger partial charge < -0.3 is 5.11 Å². The third-order valence-corrected chi connectivity index (χ3v) is 10.6. The predicted octanol–water partition coefficient (Wildman–Crippen LogP) is 7.41. The van der Waals surface area contributed by atoms with Gasteiger partial charge in [-0.2, -0.15) is 0 Å². The van der Waals surface area contributed by atoms with E-state index in [-0.39, 0.29) is 6.10 Å². The van der Waals surface area contributed by atoms with Crippen LogP contribution in [-0.4, -0.2) is 11.2 Å². The first-order chi connectivity index (χ1) is 13.7. The molecule has 0 unspecified atom stereocenters. The fourth-order valence-corrected chi connectivity index (χ4v) is 8.25. The van der Waals surface area contributed by atoms with Crippen molar-refractivity contribution in [2.45, 2.75) is 99.0 Å². The molecule has 1 heteroatoms. The molecule has 0 aliphatic heterocycles. The van der Waals surface area contributed by atoms with Crippen molar-refractivity contribution >= 4 is 0 Å². The van der Waals surface area contributed by atoms with E-state index in [1.807, 2.05) is 0 Å². The summed E-state index contributed by atoms with van der Waals surface area (Å²) in [7, 11) is 0. The van der Waals surface area contributed by atoms with Crippen LogP contribution >= 0.6 is 0 Å². The van der Waals surface area contributed by atoms with Gasteiger partial charge in [0, 0.05) is 0 Å². The van der Waals surface area contributed by atoms with Gasteiger partial charge in [0.05, 0.1) is 6.10 Å². The Morgan fingerprint density at radius 1 is 0.966 bits per heavy atom. The lowest BCUT2D eigenvalue weighted by molar-refractivity contribution is -0.0540. The van der Waals surface area contributed by atoms with Gasteiger partial charge >= 0.3 is 0 Å². The van der Waals surface area contributed by atoms with Crippen LogP contribution in [0, 0.1) is 52.3 Å². The monoisotopic (exact) mass is 398 g/mol. The number of fused-ring (bicyclic) bond motifs is 5. The molecule has 0 amide bonds. The summed E-state index contributed by atoms with van der Waals surface area (Å²) in [5, 5.41) is 10.2. The topological polar surface area (TPSA) is 20.2 Å². The highest BCUT2D eigenvalue weighted by Gasteiger charge is 2.58. The van der Waals surface area contributed by atoms with E-state index in [9.17, 15) is 5.11 Å². The Morgan fingerprint density at radius 3 is 2.45 bits per heavy atom. The summed E-state index contributed by atoms with van der Waals surface area (Å²) in [6, 6.07) is 0. The summed E-state index contributed by atoms with van der Waals surface area (Å²) in [5.74, 6) is 5.63. The first kappa shape index (κ1) is 21.7. The Bertz CT molecular complexity index is 659. The van der Waals surface area contributed by atoms with Crippen LogP contribution < -0.4 is 0 Å². The zero-order valence-electron chi connectivity index (χ0n) is 20.0. The minimum absolute atomic E-state index is 0.0866. The molecule has 0 aromatic rings. The zero-order valence-corrected chi connectivity index (χ0v) is 20.0. The van der Waals surface area contributed by atoms with Gasteiger partial charge in [0.15, 0.2) is 0 Å². The van der Waals surface area contributed by atoms with E-state index >= 15 is 0 Å². The molecule has 0 aromatic carbocycles. The molecule has 0 aromatic heterocycles. The number of aliphatic hydroxyl groups excluding tert-OH is 1. The molecule has 3 fully saturated rings. The summed E-state index contributed by atoms with van der Waals surface area (Å²) < 4.78 is 0. The zero-order chi connectivity index (χ0) is 21.0. The van der Waals surface area contributed by atoms with E-state index in [1.165, 1.54) is 38.5 Å². The summed E-state index contributed by atoms with van der Waals surface area (Å²) in [4.78, 5) is 0. The highest BCUT2D eigenvalue weighted by Crippen LogP contribution is 2.67. The second-order valence-corrected chi connectivity index (χ2v) is 12.2. The summed E-state index contributed by atoms with van der Waals surface area (Å²) >= 11 is 0. The molecule has 0 bridgehead atoms. The molecule has 0 spiro atoms. The smallest absolute Gasteiger partial charge is 0.0577 e. The fraction of sp³-hybridized carbons (Fsp3) is 0.857. The predicted molar refractivity (Wildman–Crippen MR) is 124 cm³/mol. The highest BCUT2D eigenvalue weighted by atomic mass is 16.3. The van der Waals surface area contributed by atoms with Gasteiger partial charge in [0.25, 0.3) is 0 Å². The molecule has 164 valence electrons. The van der Waals surface area contributed by atoms with E-state index in [4.69, 9.17) is 0 Å². The molecule has 0 heterocycles. The second-order valence-electron chi connectivity index (χ2n) is 12.2. The highest BCUT2D eigenvalue weighted by molar-refractivity contribution is 5.25. The van der Waals surface area contributed by atoms with Gasteiger partial charge in [-0.05, 0) is 104 Å². The van der Waals surface area contributed by atoms with Crippen molar-refractivity contribution in [3.05, 3.63) is 23.8 Å². The van der Waals surface area contributed by atoms with Crippen LogP contribution in [0.5, 0.6) is 0 Å². The van der Waals surface area contributed by atoms with Gasteiger partial charge in [-0.1, -0.05) is 65.3 Å². The van der Waals surface area contributed by atoms with Crippen LogP contribution in [0.2, 0.25) is 0 Å². The molecular weight excluding hydrogens is 352 g/mol. The number of hydrogen-bond acceptors (Lipinski definition) is 1. The average Bonchev–Trinajstić information content (AvgIpc) is 3.03. The number of rotatable bonds is 4. The SMILES string of the molecule is CC(C)[C@H](C)/C=C\[C@@H](C)[C@H]1CC[C@@H]2[C@H]3CC=C4C[C@@H](O)CC[C@]4(C)[C@@H]3CC[C@@]21C. The number of hydrogen-bond donors (Lipinski definition) is 1. The van der Waals surface area contributed by atoms with Crippen molar-refractivity contribution in [3.63, 3.8) is 0 Å². The van der Waals surface area contributed by atoms with E-state index in [2.05, 4.69) is 59.8 Å². The van der Waals surface area contributed by atoms with Crippen molar-refractivity contribution in [1.29, 1.82) is 0 Å². The van der Waals surface area contributed by atoms with Crippen molar-refractivity contribution in [2.75, 3.05) is 0 Å². The van der Waals surface area contributed by atoms with E-state index in [1.54, 1.807) is 5.57 Å². The molecule has 9 atom stereocenters. The Kier molecular flexibility index (Phi) is 5.86. The van der Waals surface area contributed by atoms with Crippen LogP contribution in [0.25, 0.3) is 0 Å². The van der Waals surface area contributed by atoms with Gasteiger partial charge in [0.2, 0.25) is 0 Å². The summed E-state index contributed by atoms with van der Waals surface area (Å²) in [6.07, 6.45) is 17.7. The van der Waals surface area contributed by atoms with Gasteiger partial charge in [-0.25, -0.2) is 0 Å². The summed E-state index contributed by atoms with van der Waals surface area (Å²) in [6.45, 7) is 14.7. The number of allylic oxidation sites excluding steroid dienone is 3. The molecule has 0 saturated heterocycles. The van der Waals surface area contributed by atoms with Gasteiger partial charge in [0.1, 0.15) is 0 Å². The van der Waals surface area contributed by atoms with Crippen molar-refractivity contribution in [2.24, 2.45) is 52.3 Å². The molecule has 4 aliphatic rings. The molecular formula is C28H46O. The van der Waals surface area contributed by atoms with Crippen molar-refractivity contribution in [1.82, 2.24) is 0 Å². The lowest BCUT2D eigenvalue weighted by Crippen LogP contribution is -2.50. The quantitative estimate of drug-likeness (QED) is 0.489. The maximum atomic E-state index is 10.2. The normalized spacial score (nSPS) is 46.8. The molecule has 3 saturated carbocycles. The van der Waals surface area contributed by atoms with Gasteiger partial charge in [-0.3, -0.25) is 0 Å². The molecule has 1 N–H and O–H groups in total. The molecule has 1 nitrogen and oxygen atoms in total. The second kappa shape index (κ2) is 7.85. The number of aliphatic hydroxyl groups is 1. The third kappa shape index (κ3) is 3.58. The standard InChI is InChI=1S/C28H46O/c1-18(2)19(3)7-8-20(4)24-11-12-25-23-10-9-21-17-22(29)13-15-27(21,5)26(23)14-16-28(24,25)6/h7-9,18-20,22-26,29H,10-17H2,1-6H3/b8-7-/t19-,20-,22+,23-,24-,25-,26-,27+,28-/m1/s1. The van der Waals surface area contributed by atoms with Crippen molar-refractivity contribution < 1.29 is 5.11 Å². The Balaban J connectivity index is 1.53. The Hall–Kier alpha value is -0.560. The minimum Gasteiger partial charge on any atom is -0.393 e. The van der Waals surface area contributed by atoms with Crippen LogP contribution in [0.4, 0.5) is 0 Å². The van der Waals surface area contributed by atoms with Crippen LogP contribution in [0.15, 0.2) is 23.8 Å². The summed E-state index contributed by atoms with van der Waals surface area (Å²) in [5.41, 5.74) is 2.51. The Labute approximate surface area is 180 Å². The van der Waals surface area contributed by atoms with Crippen LogP contribution in [-0.2, 0) is 0 Å². The first-order valence-corrected chi connectivity index (χ1v) is 12.7. The fourth-order valence-electron chi connectivity index (χ4n) is 8.25. The largest absolute Gasteiger partial charge is 0.393 e. The van der Waals surface area contributed by atoms with E-state index < -0.39 is 0 Å². The minimum atomic E-state index is -0.0866. The van der Waals surface area contributed by atoms with E-state index in [0.29, 0.717) is 22.7 Å². The van der Waals surface area contributed by atoms with E-state index in [0.717, 1.165) is 42.4 Å². The average molecular weight is 399 g/mol. The van der Waals surface area contributed by atoms with Gasteiger partial charge in [-0.15, -0.1) is 0 Å². The van der Waals surface area contributed by atoms with Crippen LogP contribution in [0.1, 0.15) is 92.9 Å². The molecule has 4 aliphatic carbocycles. The third-order valence-electron chi connectivity index (χ3n) is 10.6. The maximum Gasteiger partial charge on any atom is 0.0577 e. The van der Waals surface area contributed by atoms with Crippen LogP contribution in [0.3, 0.4) is 0 Å². The Morgan fingerprint density at radius 2 is 1.72 bits per heavy atom. The van der Waals surface area contributed by atoms with Crippen molar-refractivity contribution in [3.8, 4) is 0 Å². The molecule has 0 radical (unpaired) electrons.